The lowest BCUT2D eigenvalue weighted by Crippen LogP contribution is -2.11. The van der Waals surface area contributed by atoms with Crippen molar-refractivity contribution in [2.24, 2.45) is 5.14 Å². The molecule has 0 amide bonds. The zero-order valence-electron chi connectivity index (χ0n) is 11.4. The molecule has 0 aliphatic carbocycles. The van der Waals surface area contributed by atoms with E-state index in [4.69, 9.17) is 5.14 Å². The van der Waals surface area contributed by atoms with Gasteiger partial charge in [0.05, 0.1) is 10.6 Å². The number of anilines is 2. The lowest BCUT2D eigenvalue weighted by atomic mass is 10.2. The molecule has 1 heterocycles. The van der Waals surface area contributed by atoms with Crippen molar-refractivity contribution in [1.82, 2.24) is 4.98 Å². The number of sulfonamides is 1. The molecule has 0 spiro atoms. The summed E-state index contributed by atoms with van der Waals surface area (Å²) >= 11 is 1.48. The summed E-state index contributed by atoms with van der Waals surface area (Å²) in [6, 6.07) is 16.1. The average molecular weight is 331 g/mol. The van der Waals surface area contributed by atoms with Gasteiger partial charge in [0.15, 0.2) is 5.13 Å². The number of hydrogen-bond acceptors (Lipinski definition) is 5. The Morgan fingerprint density at radius 3 is 2.32 bits per heavy atom. The molecular weight excluding hydrogens is 318 g/mol. The standard InChI is InChI=1S/C15H13N3O2S2/c16-22(19,20)13-8-6-11(7-9-13)14-10-21-15(18-14)17-12-4-2-1-3-5-12/h1-10H,(H,17,18)(H2,16,19,20). The van der Waals surface area contributed by atoms with Crippen molar-refractivity contribution in [2.75, 3.05) is 5.32 Å². The Morgan fingerprint density at radius 2 is 1.68 bits per heavy atom. The Balaban J connectivity index is 1.82. The van der Waals surface area contributed by atoms with Gasteiger partial charge in [-0.25, -0.2) is 18.5 Å². The van der Waals surface area contributed by atoms with E-state index in [2.05, 4.69) is 10.3 Å². The van der Waals surface area contributed by atoms with Gasteiger partial charge in [0.1, 0.15) is 0 Å². The Labute approximate surface area is 132 Å². The van der Waals surface area contributed by atoms with Crippen molar-refractivity contribution in [3.05, 3.63) is 60.0 Å². The predicted molar refractivity (Wildman–Crippen MR) is 88.6 cm³/mol. The fourth-order valence-electron chi connectivity index (χ4n) is 1.92. The first-order valence-electron chi connectivity index (χ1n) is 6.43. The summed E-state index contributed by atoms with van der Waals surface area (Å²) in [5, 5.41) is 11.0. The first-order chi connectivity index (χ1) is 10.5. The van der Waals surface area contributed by atoms with Crippen molar-refractivity contribution in [3.8, 4) is 11.3 Å². The zero-order valence-corrected chi connectivity index (χ0v) is 13.1. The normalized spacial score (nSPS) is 11.3. The maximum Gasteiger partial charge on any atom is 0.238 e. The molecule has 0 unspecified atom stereocenters. The molecule has 0 fully saturated rings. The van der Waals surface area contributed by atoms with Crippen molar-refractivity contribution in [3.63, 3.8) is 0 Å². The fraction of sp³-hybridized carbons (Fsp3) is 0. The Hall–Kier alpha value is -2.22. The molecule has 3 rings (SSSR count). The SMILES string of the molecule is NS(=O)(=O)c1ccc(-c2csc(Nc3ccccc3)n2)cc1. The van der Waals surface area contributed by atoms with Crippen LogP contribution in [0.25, 0.3) is 11.3 Å². The molecule has 22 heavy (non-hydrogen) atoms. The van der Waals surface area contributed by atoms with Crippen molar-refractivity contribution < 1.29 is 8.42 Å². The third-order valence-electron chi connectivity index (χ3n) is 3.01. The molecule has 5 nitrogen and oxygen atoms in total. The highest BCUT2D eigenvalue weighted by molar-refractivity contribution is 7.89. The highest BCUT2D eigenvalue weighted by atomic mass is 32.2. The maximum absolute atomic E-state index is 11.2. The summed E-state index contributed by atoms with van der Waals surface area (Å²) in [5.74, 6) is 0. The monoisotopic (exact) mass is 331 g/mol. The number of thiazole rings is 1. The molecule has 0 bridgehead atoms. The minimum atomic E-state index is -3.67. The van der Waals surface area contributed by atoms with Crippen LogP contribution >= 0.6 is 11.3 Å². The predicted octanol–water partition coefficient (Wildman–Crippen LogP) is 3.20. The van der Waals surface area contributed by atoms with Crippen LogP contribution in [0, 0.1) is 0 Å². The largest absolute Gasteiger partial charge is 0.332 e. The van der Waals surface area contributed by atoms with Crippen molar-refractivity contribution in [2.45, 2.75) is 4.90 Å². The van der Waals surface area contributed by atoms with E-state index >= 15 is 0 Å². The summed E-state index contributed by atoms with van der Waals surface area (Å²) in [7, 11) is -3.67. The van der Waals surface area contributed by atoms with Crippen LogP contribution < -0.4 is 10.5 Å². The number of nitrogens with one attached hydrogen (secondary N) is 1. The highest BCUT2D eigenvalue weighted by Crippen LogP contribution is 2.27. The molecule has 1 aromatic heterocycles. The molecule has 3 N–H and O–H groups in total. The van der Waals surface area contributed by atoms with E-state index in [0.717, 1.165) is 22.1 Å². The molecule has 112 valence electrons. The molecule has 7 heteroatoms. The second kappa shape index (κ2) is 5.88. The zero-order chi connectivity index (χ0) is 15.6. The fourth-order valence-corrected chi connectivity index (χ4v) is 3.18. The molecule has 0 saturated carbocycles. The summed E-state index contributed by atoms with van der Waals surface area (Å²) in [4.78, 5) is 4.59. The molecule has 0 radical (unpaired) electrons. The number of nitrogens with two attached hydrogens (primary N) is 1. The summed E-state index contributed by atoms with van der Waals surface area (Å²) in [6.07, 6.45) is 0. The third kappa shape index (κ3) is 3.33. The Bertz CT molecular complexity index is 873. The smallest absolute Gasteiger partial charge is 0.238 e. The maximum atomic E-state index is 11.2. The van der Waals surface area contributed by atoms with E-state index in [9.17, 15) is 8.42 Å². The van der Waals surface area contributed by atoms with Crippen LogP contribution in [0.5, 0.6) is 0 Å². The van der Waals surface area contributed by atoms with Gasteiger partial charge in [-0.1, -0.05) is 30.3 Å². The second-order valence-corrected chi connectivity index (χ2v) is 7.02. The van der Waals surface area contributed by atoms with Crippen molar-refractivity contribution >= 4 is 32.2 Å². The van der Waals surface area contributed by atoms with Gasteiger partial charge >= 0.3 is 0 Å². The van der Waals surface area contributed by atoms with Crippen LogP contribution in [0.15, 0.2) is 64.9 Å². The number of hydrogen-bond donors (Lipinski definition) is 2. The van der Waals surface area contributed by atoms with E-state index in [1.807, 2.05) is 35.7 Å². The molecule has 3 aromatic rings. The average Bonchev–Trinajstić information content (AvgIpc) is 2.96. The number of nitrogens with zero attached hydrogens (tertiary/aromatic N) is 1. The van der Waals surface area contributed by atoms with E-state index < -0.39 is 10.0 Å². The molecule has 0 aliphatic rings. The number of para-hydroxylation sites is 1. The van der Waals surface area contributed by atoms with Gasteiger partial charge in [0.25, 0.3) is 0 Å². The van der Waals surface area contributed by atoms with Gasteiger partial charge < -0.3 is 5.32 Å². The summed E-state index contributed by atoms with van der Waals surface area (Å²) < 4.78 is 22.5. The second-order valence-electron chi connectivity index (χ2n) is 4.60. The van der Waals surface area contributed by atoms with Crippen LogP contribution in [0.4, 0.5) is 10.8 Å². The topological polar surface area (TPSA) is 85.1 Å². The van der Waals surface area contributed by atoms with E-state index in [-0.39, 0.29) is 4.90 Å². The lowest BCUT2D eigenvalue weighted by Gasteiger charge is -2.01. The van der Waals surface area contributed by atoms with Crippen LogP contribution in [-0.4, -0.2) is 13.4 Å². The number of rotatable bonds is 4. The molecule has 2 aromatic carbocycles. The highest BCUT2D eigenvalue weighted by Gasteiger charge is 2.09. The Kier molecular flexibility index (Phi) is 3.93. The van der Waals surface area contributed by atoms with Gasteiger partial charge in [-0.05, 0) is 24.3 Å². The van der Waals surface area contributed by atoms with E-state index in [1.165, 1.54) is 23.5 Å². The Morgan fingerprint density at radius 1 is 1.00 bits per heavy atom. The summed E-state index contributed by atoms with van der Waals surface area (Å²) in [5.41, 5.74) is 2.59. The number of aromatic nitrogens is 1. The molecule has 0 atom stereocenters. The summed E-state index contributed by atoms with van der Waals surface area (Å²) in [6.45, 7) is 0. The van der Waals surface area contributed by atoms with Crippen LogP contribution in [0.1, 0.15) is 0 Å². The molecule has 0 aliphatic heterocycles. The minimum Gasteiger partial charge on any atom is -0.332 e. The van der Waals surface area contributed by atoms with E-state index in [0.29, 0.717) is 0 Å². The quantitative estimate of drug-likeness (QED) is 0.769. The van der Waals surface area contributed by atoms with Crippen LogP contribution in [0.3, 0.4) is 0 Å². The van der Waals surface area contributed by atoms with Crippen LogP contribution in [-0.2, 0) is 10.0 Å². The number of benzene rings is 2. The van der Waals surface area contributed by atoms with Gasteiger partial charge in [0.2, 0.25) is 10.0 Å². The van der Waals surface area contributed by atoms with E-state index in [1.54, 1.807) is 12.1 Å². The van der Waals surface area contributed by atoms with Gasteiger partial charge in [-0.15, -0.1) is 11.3 Å². The van der Waals surface area contributed by atoms with Crippen LogP contribution in [0.2, 0.25) is 0 Å². The third-order valence-corrected chi connectivity index (χ3v) is 4.69. The van der Waals surface area contributed by atoms with Gasteiger partial charge in [-0.2, -0.15) is 0 Å². The first-order valence-corrected chi connectivity index (χ1v) is 8.86. The van der Waals surface area contributed by atoms with Gasteiger partial charge in [-0.3, -0.25) is 0 Å². The van der Waals surface area contributed by atoms with Crippen molar-refractivity contribution in [1.29, 1.82) is 0 Å². The number of primary sulfonamides is 1. The molecular formula is C15H13N3O2S2. The van der Waals surface area contributed by atoms with Gasteiger partial charge in [0, 0.05) is 16.6 Å². The minimum absolute atomic E-state index is 0.0918. The molecule has 0 saturated heterocycles. The lowest BCUT2D eigenvalue weighted by molar-refractivity contribution is 0.598. The first kappa shape index (κ1) is 14.7.